The number of aromatic nitrogens is 2. The summed E-state index contributed by atoms with van der Waals surface area (Å²) in [6.45, 7) is 0. The van der Waals surface area contributed by atoms with E-state index in [1.807, 2.05) is 0 Å². The molecule has 98 valence electrons. The molecule has 5 heteroatoms. The van der Waals surface area contributed by atoms with Crippen LogP contribution in [0.5, 0.6) is 0 Å². The van der Waals surface area contributed by atoms with Crippen LogP contribution in [0.15, 0.2) is 30.6 Å². The molecule has 2 N–H and O–H groups in total. The normalized spacial score (nSPS) is 18.1. The summed E-state index contributed by atoms with van der Waals surface area (Å²) in [5.41, 5.74) is 7.65. The van der Waals surface area contributed by atoms with Gasteiger partial charge >= 0.3 is 0 Å². The van der Waals surface area contributed by atoms with Gasteiger partial charge in [-0.25, -0.2) is 9.37 Å². The summed E-state index contributed by atoms with van der Waals surface area (Å²) in [4.78, 5) is 15.6. The van der Waals surface area contributed by atoms with Crippen molar-refractivity contribution in [2.75, 3.05) is 0 Å². The topological polar surface area (TPSA) is 60.9 Å². The van der Waals surface area contributed by atoms with E-state index < -0.39 is 0 Å². The second kappa shape index (κ2) is 4.50. The molecule has 1 aromatic carbocycles. The van der Waals surface area contributed by atoms with Gasteiger partial charge in [0.15, 0.2) is 0 Å². The number of hydrogen-bond donors (Lipinski definition) is 1. The number of para-hydroxylation sites is 1. The number of nitrogens with zero attached hydrogens (tertiary/aromatic N) is 2. The standard InChI is InChI=1S/C14H14FN3O/c15-10-3-1-2-4-12(10)18-8-17-11-6-5-9(14(16)19)7-13(11)18/h1-4,8-9H,5-7H2,(H2,16,19). The molecule has 0 saturated heterocycles. The van der Waals surface area contributed by atoms with Crippen LogP contribution < -0.4 is 5.73 Å². The first-order valence-corrected chi connectivity index (χ1v) is 6.26. The SMILES string of the molecule is NC(=O)C1CCc2ncn(-c3ccccc3F)c2C1. The molecule has 4 nitrogen and oxygen atoms in total. The summed E-state index contributed by atoms with van der Waals surface area (Å²) in [6, 6.07) is 6.54. The third-order valence-electron chi connectivity index (χ3n) is 3.64. The van der Waals surface area contributed by atoms with Gasteiger partial charge in [0.2, 0.25) is 5.91 Å². The summed E-state index contributed by atoms with van der Waals surface area (Å²) in [5.74, 6) is -0.787. The van der Waals surface area contributed by atoms with E-state index in [0.717, 1.165) is 17.8 Å². The molecule has 1 aliphatic rings. The van der Waals surface area contributed by atoms with E-state index in [1.165, 1.54) is 6.07 Å². The minimum atomic E-state index is -0.302. The molecule has 1 atom stereocenters. The van der Waals surface area contributed by atoms with Crippen molar-refractivity contribution in [1.82, 2.24) is 9.55 Å². The number of halogens is 1. The van der Waals surface area contributed by atoms with Gasteiger partial charge < -0.3 is 10.3 Å². The Balaban J connectivity index is 2.04. The fourth-order valence-electron chi connectivity index (χ4n) is 2.58. The van der Waals surface area contributed by atoms with Gasteiger partial charge in [-0.3, -0.25) is 4.79 Å². The lowest BCUT2D eigenvalue weighted by molar-refractivity contribution is -0.122. The van der Waals surface area contributed by atoms with Gasteiger partial charge in [-0.05, 0) is 25.0 Å². The third-order valence-corrected chi connectivity index (χ3v) is 3.64. The highest BCUT2D eigenvalue weighted by atomic mass is 19.1. The van der Waals surface area contributed by atoms with Crippen LogP contribution in [0.25, 0.3) is 5.69 Å². The lowest BCUT2D eigenvalue weighted by atomic mass is 9.89. The smallest absolute Gasteiger partial charge is 0.220 e. The molecule has 3 rings (SSSR count). The van der Waals surface area contributed by atoms with Crippen LogP contribution in [0, 0.1) is 11.7 Å². The Morgan fingerprint density at radius 3 is 2.95 bits per heavy atom. The number of rotatable bonds is 2. The molecule has 1 amide bonds. The van der Waals surface area contributed by atoms with Gasteiger partial charge in [0.25, 0.3) is 0 Å². The number of fused-ring (bicyclic) bond motifs is 1. The first-order chi connectivity index (χ1) is 9.16. The minimum absolute atomic E-state index is 0.185. The Kier molecular flexibility index (Phi) is 2.81. The molecule has 1 aromatic heterocycles. The molecule has 0 bridgehead atoms. The molecule has 0 radical (unpaired) electrons. The quantitative estimate of drug-likeness (QED) is 0.890. The van der Waals surface area contributed by atoms with E-state index in [9.17, 15) is 9.18 Å². The number of hydrogen-bond acceptors (Lipinski definition) is 2. The van der Waals surface area contributed by atoms with Gasteiger partial charge in [-0.1, -0.05) is 12.1 Å². The van der Waals surface area contributed by atoms with E-state index in [1.54, 1.807) is 29.1 Å². The summed E-state index contributed by atoms with van der Waals surface area (Å²) in [6.07, 6.45) is 3.58. The van der Waals surface area contributed by atoms with Crippen LogP contribution >= 0.6 is 0 Å². The number of aryl methyl sites for hydroxylation is 1. The van der Waals surface area contributed by atoms with Crippen LogP contribution in [0.3, 0.4) is 0 Å². The van der Waals surface area contributed by atoms with Crippen LogP contribution in [-0.4, -0.2) is 15.5 Å². The van der Waals surface area contributed by atoms with Crippen molar-refractivity contribution >= 4 is 5.91 Å². The second-order valence-corrected chi connectivity index (χ2v) is 4.80. The molecule has 2 aromatic rings. The maximum absolute atomic E-state index is 13.8. The molecule has 1 heterocycles. The maximum Gasteiger partial charge on any atom is 0.220 e. The van der Waals surface area contributed by atoms with Gasteiger partial charge in [-0.2, -0.15) is 0 Å². The molecule has 0 aliphatic heterocycles. The summed E-state index contributed by atoms with van der Waals surface area (Å²) in [5, 5.41) is 0. The van der Waals surface area contributed by atoms with Crippen molar-refractivity contribution in [2.45, 2.75) is 19.3 Å². The molecule has 1 aliphatic carbocycles. The van der Waals surface area contributed by atoms with Gasteiger partial charge in [0.05, 0.1) is 17.7 Å². The monoisotopic (exact) mass is 259 g/mol. The third kappa shape index (κ3) is 2.01. The zero-order valence-electron chi connectivity index (χ0n) is 10.3. The number of carbonyl (C=O) groups excluding carboxylic acids is 1. The van der Waals surface area contributed by atoms with Gasteiger partial charge in [0.1, 0.15) is 5.82 Å². The number of imidazole rings is 1. The number of primary amides is 1. The zero-order valence-corrected chi connectivity index (χ0v) is 10.3. The van der Waals surface area contributed by atoms with Crippen molar-refractivity contribution in [2.24, 2.45) is 11.7 Å². The zero-order chi connectivity index (χ0) is 13.4. The number of benzene rings is 1. The average Bonchev–Trinajstić information content (AvgIpc) is 2.82. The molecule has 1 unspecified atom stereocenters. The van der Waals surface area contributed by atoms with Gasteiger partial charge in [0, 0.05) is 18.0 Å². The molecule has 0 fully saturated rings. The van der Waals surface area contributed by atoms with Crippen molar-refractivity contribution < 1.29 is 9.18 Å². The first kappa shape index (κ1) is 11.9. The Morgan fingerprint density at radius 2 is 2.21 bits per heavy atom. The van der Waals surface area contributed by atoms with E-state index in [0.29, 0.717) is 18.5 Å². The summed E-state index contributed by atoms with van der Waals surface area (Å²) < 4.78 is 15.6. The Bertz CT molecular complexity index is 635. The predicted molar refractivity (Wildman–Crippen MR) is 68.2 cm³/mol. The minimum Gasteiger partial charge on any atom is -0.369 e. The van der Waals surface area contributed by atoms with Crippen LogP contribution in [0.1, 0.15) is 17.8 Å². The second-order valence-electron chi connectivity index (χ2n) is 4.80. The van der Waals surface area contributed by atoms with Crippen molar-refractivity contribution in [3.63, 3.8) is 0 Å². The first-order valence-electron chi connectivity index (χ1n) is 6.26. The average molecular weight is 259 g/mol. The highest BCUT2D eigenvalue weighted by Gasteiger charge is 2.27. The Hall–Kier alpha value is -2.17. The highest BCUT2D eigenvalue weighted by molar-refractivity contribution is 5.77. The van der Waals surface area contributed by atoms with Crippen molar-refractivity contribution in [1.29, 1.82) is 0 Å². The Labute approximate surface area is 110 Å². The van der Waals surface area contributed by atoms with E-state index >= 15 is 0 Å². The van der Waals surface area contributed by atoms with Crippen LogP contribution in [0.2, 0.25) is 0 Å². The highest BCUT2D eigenvalue weighted by Crippen LogP contribution is 2.27. The molecule has 0 spiro atoms. The summed E-state index contributed by atoms with van der Waals surface area (Å²) in [7, 11) is 0. The van der Waals surface area contributed by atoms with Crippen LogP contribution in [0.4, 0.5) is 4.39 Å². The van der Waals surface area contributed by atoms with Crippen LogP contribution in [-0.2, 0) is 17.6 Å². The number of carbonyl (C=O) groups is 1. The molecular formula is C14H14FN3O. The van der Waals surface area contributed by atoms with E-state index in [4.69, 9.17) is 5.73 Å². The maximum atomic E-state index is 13.8. The van der Waals surface area contributed by atoms with Crippen molar-refractivity contribution in [3.05, 3.63) is 47.8 Å². The number of nitrogens with two attached hydrogens (primary N) is 1. The Morgan fingerprint density at radius 1 is 1.42 bits per heavy atom. The van der Waals surface area contributed by atoms with E-state index in [2.05, 4.69) is 4.98 Å². The fourth-order valence-corrected chi connectivity index (χ4v) is 2.58. The number of amides is 1. The molecule has 0 saturated carbocycles. The molecule has 19 heavy (non-hydrogen) atoms. The van der Waals surface area contributed by atoms with Crippen molar-refractivity contribution in [3.8, 4) is 5.69 Å². The predicted octanol–water partition coefficient (Wildman–Crippen LogP) is 1.60. The lowest BCUT2D eigenvalue weighted by Crippen LogP contribution is -2.29. The fraction of sp³-hybridized carbons (Fsp3) is 0.286. The molecular weight excluding hydrogens is 245 g/mol. The summed E-state index contributed by atoms with van der Waals surface area (Å²) >= 11 is 0. The van der Waals surface area contributed by atoms with E-state index in [-0.39, 0.29) is 17.6 Å². The van der Waals surface area contributed by atoms with Gasteiger partial charge in [-0.15, -0.1) is 0 Å². The largest absolute Gasteiger partial charge is 0.369 e. The lowest BCUT2D eigenvalue weighted by Gasteiger charge is -2.20.